The van der Waals surface area contributed by atoms with Crippen LogP contribution in [0, 0.1) is 0 Å². The smallest absolute Gasteiger partial charge is 0.145 e. The number of rotatable bonds is 3. The molecule has 0 aliphatic rings. The molecule has 0 amide bonds. The summed E-state index contributed by atoms with van der Waals surface area (Å²) in [5.74, 6) is 0. The molecule has 10 rings (SSSR count). The molecule has 210 valence electrons. The number of nitrogens with zero attached hydrogens (tertiary/aromatic N) is 2. The predicted molar refractivity (Wildman–Crippen MR) is 188 cm³/mol. The second-order valence-electron chi connectivity index (χ2n) is 11.7. The van der Waals surface area contributed by atoms with Crippen LogP contribution in [0.1, 0.15) is 0 Å². The summed E-state index contributed by atoms with van der Waals surface area (Å²) in [5, 5.41) is 6.93. The lowest BCUT2D eigenvalue weighted by atomic mass is 10.0. The zero-order chi connectivity index (χ0) is 29.5. The fraction of sp³-hybridized carbons (Fsp3) is 0. The summed E-state index contributed by atoms with van der Waals surface area (Å²) >= 11 is 0. The van der Waals surface area contributed by atoms with E-state index in [4.69, 9.17) is 4.42 Å². The lowest BCUT2D eigenvalue weighted by Crippen LogP contribution is -1.96. The van der Waals surface area contributed by atoms with Crippen molar-refractivity contribution in [3.8, 4) is 22.5 Å². The molecule has 0 unspecified atom stereocenters. The van der Waals surface area contributed by atoms with Crippen molar-refractivity contribution < 1.29 is 4.42 Å². The highest BCUT2D eigenvalue weighted by Crippen LogP contribution is 2.45. The molecule has 3 aromatic heterocycles. The van der Waals surface area contributed by atoms with E-state index in [0.717, 1.165) is 60.6 Å². The zero-order valence-electron chi connectivity index (χ0n) is 24.3. The fourth-order valence-corrected chi connectivity index (χ4v) is 7.44. The second kappa shape index (κ2) is 9.22. The van der Waals surface area contributed by atoms with E-state index in [0.29, 0.717) is 0 Å². The molecule has 0 atom stereocenters. The molecule has 0 saturated heterocycles. The van der Waals surface area contributed by atoms with Crippen LogP contribution >= 0.6 is 0 Å². The van der Waals surface area contributed by atoms with Crippen molar-refractivity contribution in [2.45, 2.75) is 0 Å². The number of hydrogen-bond acceptors (Lipinski definition) is 1. The SMILES string of the molecule is c1ccc(-c2ccccc2-n2c3ccccc3c3c4oc5c(ccc6c5c5ccccc5n6-c5ccccc5)c4ccc32)cc1. The molecule has 0 radical (unpaired) electrons. The van der Waals surface area contributed by atoms with Crippen molar-refractivity contribution in [3.63, 3.8) is 0 Å². The van der Waals surface area contributed by atoms with Crippen LogP contribution in [0.5, 0.6) is 0 Å². The second-order valence-corrected chi connectivity index (χ2v) is 11.7. The quantitative estimate of drug-likeness (QED) is 0.206. The number of furan rings is 1. The standard InChI is InChI=1S/C42H26N2O/c1-3-13-27(14-4-1)29-17-7-10-20-34(29)44-36-22-12-9-19-33(36)40-38(44)26-24-31-30-23-25-37-39(41(30)45-42(31)40)32-18-8-11-21-35(32)43(37)28-15-5-2-6-16-28/h1-26H. The Bertz CT molecular complexity index is 2740. The van der Waals surface area contributed by atoms with Gasteiger partial charge in [0.15, 0.2) is 0 Å². The molecule has 0 fully saturated rings. The molecule has 3 nitrogen and oxygen atoms in total. The molecule has 3 heterocycles. The van der Waals surface area contributed by atoms with Crippen molar-refractivity contribution in [3.05, 3.63) is 158 Å². The Hall–Kier alpha value is -6.06. The van der Waals surface area contributed by atoms with Crippen LogP contribution in [-0.4, -0.2) is 9.13 Å². The lowest BCUT2D eigenvalue weighted by molar-refractivity contribution is 0.677. The van der Waals surface area contributed by atoms with Crippen molar-refractivity contribution in [2.75, 3.05) is 0 Å². The van der Waals surface area contributed by atoms with Gasteiger partial charge in [-0.25, -0.2) is 0 Å². The van der Waals surface area contributed by atoms with E-state index in [-0.39, 0.29) is 0 Å². The number of aromatic nitrogens is 2. The van der Waals surface area contributed by atoms with Gasteiger partial charge in [-0.3, -0.25) is 0 Å². The summed E-state index contributed by atoms with van der Waals surface area (Å²) in [7, 11) is 0. The van der Waals surface area contributed by atoms with Gasteiger partial charge in [-0.05, 0) is 60.2 Å². The third-order valence-corrected chi connectivity index (χ3v) is 9.32. The van der Waals surface area contributed by atoms with E-state index in [1.54, 1.807) is 0 Å². The van der Waals surface area contributed by atoms with Crippen LogP contribution in [0.2, 0.25) is 0 Å². The normalized spacial score (nSPS) is 12.0. The van der Waals surface area contributed by atoms with Gasteiger partial charge in [0.1, 0.15) is 11.2 Å². The first kappa shape index (κ1) is 24.4. The maximum absolute atomic E-state index is 7.08. The molecular weight excluding hydrogens is 548 g/mol. The average molecular weight is 575 g/mol. The summed E-state index contributed by atoms with van der Waals surface area (Å²) in [5.41, 5.74) is 11.2. The first-order valence-electron chi connectivity index (χ1n) is 15.4. The maximum Gasteiger partial charge on any atom is 0.145 e. The molecule has 3 heteroatoms. The molecule has 0 saturated carbocycles. The molecule has 0 bridgehead atoms. The third kappa shape index (κ3) is 3.35. The minimum Gasteiger partial charge on any atom is -0.455 e. The van der Waals surface area contributed by atoms with Gasteiger partial charge in [0, 0.05) is 32.8 Å². The molecule has 0 aliphatic heterocycles. The van der Waals surface area contributed by atoms with Crippen LogP contribution in [0.3, 0.4) is 0 Å². The van der Waals surface area contributed by atoms with E-state index >= 15 is 0 Å². The van der Waals surface area contributed by atoms with Crippen LogP contribution in [0.4, 0.5) is 0 Å². The van der Waals surface area contributed by atoms with Gasteiger partial charge in [-0.1, -0.05) is 103 Å². The van der Waals surface area contributed by atoms with Gasteiger partial charge in [-0.15, -0.1) is 0 Å². The summed E-state index contributed by atoms with van der Waals surface area (Å²) in [4.78, 5) is 0. The molecular formula is C42H26N2O. The zero-order valence-corrected chi connectivity index (χ0v) is 24.3. The van der Waals surface area contributed by atoms with E-state index in [2.05, 4.69) is 167 Å². The molecule has 0 N–H and O–H groups in total. The highest BCUT2D eigenvalue weighted by atomic mass is 16.3. The molecule has 45 heavy (non-hydrogen) atoms. The monoisotopic (exact) mass is 574 g/mol. The summed E-state index contributed by atoms with van der Waals surface area (Å²) in [6, 6.07) is 56.3. The summed E-state index contributed by atoms with van der Waals surface area (Å²) in [6.07, 6.45) is 0. The van der Waals surface area contributed by atoms with Gasteiger partial charge >= 0.3 is 0 Å². The lowest BCUT2D eigenvalue weighted by Gasteiger charge is -2.13. The van der Waals surface area contributed by atoms with Gasteiger partial charge in [0.05, 0.1) is 38.5 Å². The first-order valence-corrected chi connectivity index (χ1v) is 15.4. The Kier molecular flexibility index (Phi) is 5.00. The Morgan fingerprint density at radius 1 is 0.356 bits per heavy atom. The molecule has 0 spiro atoms. The van der Waals surface area contributed by atoms with Gasteiger partial charge in [0.25, 0.3) is 0 Å². The van der Waals surface area contributed by atoms with Gasteiger partial charge in [0.2, 0.25) is 0 Å². The minimum absolute atomic E-state index is 0.929. The van der Waals surface area contributed by atoms with Crippen molar-refractivity contribution in [1.82, 2.24) is 9.13 Å². The molecule has 10 aromatic rings. The van der Waals surface area contributed by atoms with Gasteiger partial charge in [-0.2, -0.15) is 0 Å². The van der Waals surface area contributed by atoms with Crippen LogP contribution in [0.25, 0.3) is 88.1 Å². The maximum atomic E-state index is 7.08. The third-order valence-electron chi connectivity index (χ3n) is 9.32. The van der Waals surface area contributed by atoms with Crippen molar-refractivity contribution in [2.24, 2.45) is 0 Å². The Morgan fingerprint density at radius 2 is 0.867 bits per heavy atom. The van der Waals surface area contributed by atoms with E-state index in [9.17, 15) is 0 Å². The number of fused-ring (bicyclic) bond motifs is 11. The average Bonchev–Trinajstić information content (AvgIpc) is 3.76. The number of hydrogen-bond donors (Lipinski definition) is 0. The molecule has 7 aromatic carbocycles. The van der Waals surface area contributed by atoms with E-state index < -0.39 is 0 Å². The minimum atomic E-state index is 0.929. The Morgan fingerprint density at radius 3 is 1.53 bits per heavy atom. The first-order chi connectivity index (χ1) is 22.4. The van der Waals surface area contributed by atoms with Crippen LogP contribution in [0.15, 0.2) is 162 Å². The van der Waals surface area contributed by atoms with Crippen molar-refractivity contribution in [1.29, 1.82) is 0 Å². The number of para-hydroxylation sites is 4. The summed E-state index contributed by atoms with van der Waals surface area (Å²) in [6.45, 7) is 0. The predicted octanol–water partition coefficient (Wildman–Crippen LogP) is 11.4. The number of benzene rings is 7. The van der Waals surface area contributed by atoms with Crippen LogP contribution < -0.4 is 0 Å². The fourth-order valence-electron chi connectivity index (χ4n) is 7.44. The summed E-state index contributed by atoms with van der Waals surface area (Å²) < 4.78 is 11.8. The van der Waals surface area contributed by atoms with Gasteiger partial charge < -0.3 is 13.6 Å². The van der Waals surface area contributed by atoms with E-state index in [1.807, 2.05) is 0 Å². The topological polar surface area (TPSA) is 23.0 Å². The Labute approximate surface area is 258 Å². The molecule has 0 aliphatic carbocycles. The Balaban J connectivity index is 1.34. The van der Waals surface area contributed by atoms with Crippen LogP contribution in [-0.2, 0) is 0 Å². The highest BCUT2D eigenvalue weighted by molar-refractivity contribution is 6.29. The van der Waals surface area contributed by atoms with Crippen molar-refractivity contribution >= 4 is 65.6 Å². The largest absolute Gasteiger partial charge is 0.455 e. The highest BCUT2D eigenvalue weighted by Gasteiger charge is 2.23. The van der Waals surface area contributed by atoms with E-state index in [1.165, 1.54) is 27.4 Å².